The Kier molecular flexibility index (Phi) is 5.98. The van der Waals surface area contributed by atoms with Gasteiger partial charge in [0.15, 0.2) is 10.3 Å². The number of aryl methyl sites for hydroxylation is 2. The molecule has 1 aromatic carbocycles. The molecule has 2 heterocycles. The Morgan fingerprint density at radius 3 is 2.61 bits per heavy atom. The van der Waals surface area contributed by atoms with Crippen LogP contribution in [-0.2, 0) is 17.6 Å². The molecule has 4 rings (SSSR count). The normalized spacial score (nSPS) is 13.2. The van der Waals surface area contributed by atoms with Crippen molar-refractivity contribution in [1.82, 2.24) is 9.97 Å². The molecule has 1 aliphatic carbocycles. The quantitative estimate of drug-likeness (QED) is 0.469. The van der Waals surface area contributed by atoms with Crippen LogP contribution in [0.5, 0.6) is 0 Å². The maximum atomic E-state index is 12.4. The number of benzene rings is 1. The van der Waals surface area contributed by atoms with Gasteiger partial charge in [-0.15, -0.1) is 11.3 Å². The van der Waals surface area contributed by atoms with Crippen LogP contribution in [0, 0.1) is 5.41 Å². The number of anilines is 4. The number of nitrogens with zero attached hydrogens (tertiary/aromatic N) is 3. The van der Waals surface area contributed by atoms with Crippen LogP contribution in [0.3, 0.4) is 0 Å². The van der Waals surface area contributed by atoms with Crippen molar-refractivity contribution in [3.05, 3.63) is 33.8 Å². The van der Waals surface area contributed by atoms with Gasteiger partial charge in [-0.3, -0.25) is 4.79 Å². The van der Waals surface area contributed by atoms with Gasteiger partial charge in [-0.1, -0.05) is 43.7 Å². The van der Waals surface area contributed by atoms with Gasteiger partial charge in [-0.05, 0) is 37.5 Å². The Bertz CT molecular complexity index is 1130. The lowest BCUT2D eigenvalue weighted by molar-refractivity contribution is -0.123. The second-order valence-electron chi connectivity index (χ2n) is 8.82. The van der Waals surface area contributed by atoms with Crippen LogP contribution >= 0.6 is 34.3 Å². The van der Waals surface area contributed by atoms with Crippen LogP contribution in [0.25, 0.3) is 10.6 Å². The van der Waals surface area contributed by atoms with Crippen LogP contribution < -0.4 is 15.5 Å². The Balaban J connectivity index is 1.66. The molecule has 0 saturated carbocycles. The molecule has 1 amide bonds. The molecule has 9 heteroatoms. The topological polar surface area (TPSA) is 70.2 Å². The van der Waals surface area contributed by atoms with Gasteiger partial charge in [-0.2, -0.15) is 0 Å². The van der Waals surface area contributed by atoms with Crippen molar-refractivity contribution in [2.24, 2.45) is 5.41 Å². The standard InChI is InChI=1S/C22H26ClN5OS2/c1-22(2,3)19(29)27-21-24-13-7-6-8-16-17(18(13)31-21)26-20(30-16)25-14-11-12(23)9-10-15(14)28(4)5/h9-11H,6-8H2,1-5H3,(H,25,26)(H,24,27,29). The predicted octanol–water partition coefficient (Wildman–Crippen LogP) is 6.20. The molecule has 164 valence electrons. The monoisotopic (exact) mass is 475 g/mol. The Morgan fingerprint density at radius 2 is 1.90 bits per heavy atom. The number of carbonyl (C=O) groups is 1. The van der Waals surface area contributed by atoms with E-state index >= 15 is 0 Å². The number of nitrogens with one attached hydrogen (secondary N) is 2. The number of amides is 1. The summed E-state index contributed by atoms with van der Waals surface area (Å²) in [6, 6.07) is 5.80. The molecular weight excluding hydrogens is 450 g/mol. The van der Waals surface area contributed by atoms with E-state index in [9.17, 15) is 4.79 Å². The highest BCUT2D eigenvalue weighted by Gasteiger charge is 2.26. The summed E-state index contributed by atoms with van der Waals surface area (Å²) in [6.07, 6.45) is 2.87. The number of aromatic nitrogens is 2. The largest absolute Gasteiger partial charge is 0.376 e. The number of fused-ring (bicyclic) bond motifs is 3. The molecule has 0 aliphatic heterocycles. The molecule has 0 atom stereocenters. The second-order valence-corrected chi connectivity index (χ2v) is 11.3. The van der Waals surface area contributed by atoms with Gasteiger partial charge < -0.3 is 15.5 Å². The molecule has 6 nitrogen and oxygen atoms in total. The summed E-state index contributed by atoms with van der Waals surface area (Å²) < 4.78 is 0. The highest BCUT2D eigenvalue weighted by atomic mass is 35.5. The summed E-state index contributed by atoms with van der Waals surface area (Å²) >= 11 is 9.42. The van der Waals surface area contributed by atoms with Crippen molar-refractivity contribution in [2.75, 3.05) is 29.6 Å². The molecule has 0 fully saturated rings. The lowest BCUT2D eigenvalue weighted by atomic mass is 9.96. The summed E-state index contributed by atoms with van der Waals surface area (Å²) in [4.78, 5) is 26.4. The van der Waals surface area contributed by atoms with Gasteiger partial charge in [0.2, 0.25) is 5.91 Å². The van der Waals surface area contributed by atoms with E-state index in [0.29, 0.717) is 10.2 Å². The van der Waals surface area contributed by atoms with Crippen LogP contribution in [0.1, 0.15) is 37.8 Å². The summed E-state index contributed by atoms with van der Waals surface area (Å²) in [5, 5.41) is 8.58. The van der Waals surface area contributed by atoms with E-state index in [1.165, 1.54) is 16.2 Å². The molecule has 31 heavy (non-hydrogen) atoms. The van der Waals surface area contributed by atoms with E-state index in [-0.39, 0.29) is 5.91 Å². The predicted molar refractivity (Wildman–Crippen MR) is 132 cm³/mol. The first-order valence-corrected chi connectivity index (χ1v) is 12.2. The van der Waals surface area contributed by atoms with E-state index in [0.717, 1.165) is 52.0 Å². The van der Waals surface area contributed by atoms with Crippen molar-refractivity contribution < 1.29 is 4.79 Å². The fourth-order valence-corrected chi connectivity index (χ4v) is 5.61. The first-order chi connectivity index (χ1) is 14.6. The highest BCUT2D eigenvalue weighted by molar-refractivity contribution is 7.20. The minimum atomic E-state index is -0.465. The van der Waals surface area contributed by atoms with E-state index < -0.39 is 5.41 Å². The van der Waals surface area contributed by atoms with E-state index in [1.54, 1.807) is 11.3 Å². The third-order valence-corrected chi connectivity index (χ3v) is 7.30. The van der Waals surface area contributed by atoms with Crippen molar-refractivity contribution in [3.63, 3.8) is 0 Å². The molecule has 0 unspecified atom stereocenters. The minimum Gasteiger partial charge on any atom is -0.376 e. The molecule has 2 aromatic heterocycles. The van der Waals surface area contributed by atoms with Crippen LogP contribution in [0.2, 0.25) is 5.02 Å². The highest BCUT2D eigenvalue weighted by Crippen LogP contribution is 2.43. The fraction of sp³-hybridized carbons (Fsp3) is 0.409. The summed E-state index contributed by atoms with van der Waals surface area (Å²) in [6.45, 7) is 5.69. The zero-order valence-corrected chi connectivity index (χ0v) is 20.7. The molecule has 0 saturated heterocycles. The summed E-state index contributed by atoms with van der Waals surface area (Å²) in [5.41, 5.74) is 3.49. The smallest absolute Gasteiger partial charge is 0.231 e. The Labute approximate surface area is 195 Å². The van der Waals surface area contributed by atoms with Gasteiger partial charge in [0, 0.05) is 29.4 Å². The summed E-state index contributed by atoms with van der Waals surface area (Å²) in [5.74, 6) is -0.0329. The Morgan fingerprint density at radius 1 is 1.13 bits per heavy atom. The van der Waals surface area contributed by atoms with Crippen molar-refractivity contribution in [2.45, 2.75) is 40.0 Å². The van der Waals surface area contributed by atoms with Crippen LogP contribution in [-0.4, -0.2) is 30.0 Å². The van der Waals surface area contributed by atoms with Gasteiger partial charge in [0.1, 0.15) is 0 Å². The van der Waals surface area contributed by atoms with Crippen LogP contribution in [0.15, 0.2) is 18.2 Å². The second kappa shape index (κ2) is 8.41. The zero-order chi connectivity index (χ0) is 22.3. The summed E-state index contributed by atoms with van der Waals surface area (Å²) in [7, 11) is 4.00. The minimum absolute atomic E-state index is 0.0329. The number of rotatable bonds is 4. The SMILES string of the molecule is CN(C)c1ccc(Cl)cc1Nc1nc2c(s1)CCCc1nc(NC(=O)C(C)(C)C)sc1-2. The lowest BCUT2D eigenvalue weighted by Crippen LogP contribution is -2.27. The third-order valence-electron chi connectivity index (χ3n) is 5.01. The molecular formula is C22H26ClN5OS2. The first-order valence-electron chi connectivity index (χ1n) is 10.2. The Hall–Kier alpha value is -2.16. The average molecular weight is 476 g/mol. The number of thiazole rings is 2. The molecule has 3 aromatic rings. The molecule has 0 radical (unpaired) electrons. The number of hydrogen-bond acceptors (Lipinski definition) is 7. The van der Waals surface area contributed by atoms with Gasteiger partial charge in [-0.25, -0.2) is 9.97 Å². The average Bonchev–Trinajstić information content (AvgIpc) is 3.21. The van der Waals surface area contributed by atoms with E-state index in [1.807, 2.05) is 58.0 Å². The molecule has 1 aliphatic rings. The lowest BCUT2D eigenvalue weighted by Gasteiger charge is -2.17. The van der Waals surface area contributed by atoms with Gasteiger partial charge >= 0.3 is 0 Å². The van der Waals surface area contributed by atoms with Crippen molar-refractivity contribution in [3.8, 4) is 10.6 Å². The van der Waals surface area contributed by atoms with Crippen molar-refractivity contribution in [1.29, 1.82) is 0 Å². The molecule has 0 bridgehead atoms. The number of hydrogen-bond donors (Lipinski definition) is 2. The van der Waals surface area contributed by atoms with Gasteiger partial charge in [0.05, 0.1) is 27.6 Å². The first kappa shape index (κ1) is 22.0. The third kappa shape index (κ3) is 4.71. The maximum Gasteiger partial charge on any atom is 0.231 e. The van der Waals surface area contributed by atoms with Crippen LogP contribution in [0.4, 0.5) is 21.6 Å². The molecule has 2 N–H and O–H groups in total. The number of halogens is 1. The van der Waals surface area contributed by atoms with E-state index in [2.05, 4.69) is 10.6 Å². The number of carbonyl (C=O) groups excluding carboxylic acids is 1. The van der Waals surface area contributed by atoms with E-state index in [4.69, 9.17) is 21.6 Å². The zero-order valence-electron chi connectivity index (χ0n) is 18.3. The maximum absolute atomic E-state index is 12.4. The van der Waals surface area contributed by atoms with Crippen molar-refractivity contribution >= 4 is 61.8 Å². The fourth-order valence-electron chi connectivity index (χ4n) is 3.33. The molecule has 0 spiro atoms. The van der Waals surface area contributed by atoms with Gasteiger partial charge in [0.25, 0.3) is 0 Å².